The predicted octanol–water partition coefficient (Wildman–Crippen LogP) is 2.49. The van der Waals surface area contributed by atoms with Crippen LogP contribution in [-0.2, 0) is 16.1 Å². The molecule has 1 amide bonds. The molecule has 0 aromatic heterocycles. The van der Waals surface area contributed by atoms with E-state index in [2.05, 4.69) is 15.9 Å². The molecule has 0 aliphatic carbocycles. The average Bonchev–Trinajstić information content (AvgIpc) is 2.34. The molecule has 0 spiro atoms. The summed E-state index contributed by atoms with van der Waals surface area (Å²) in [4.78, 5) is 23.1. The van der Waals surface area contributed by atoms with Crippen molar-refractivity contribution in [2.24, 2.45) is 0 Å². The standard InChI is InChI=1S/C12H14BrNO4/c1-14(7-6-11(15)16)12(17)18-8-9-4-2-3-5-10(9)13/h2-5H,6-8H2,1H3,(H,15,16). The van der Waals surface area contributed by atoms with E-state index in [1.165, 1.54) is 11.9 Å². The van der Waals surface area contributed by atoms with Gasteiger partial charge < -0.3 is 14.7 Å². The number of carbonyl (C=O) groups is 2. The van der Waals surface area contributed by atoms with Crippen molar-refractivity contribution < 1.29 is 19.4 Å². The molecular weight excluding hydrogens is 302 g/mol. The molecule has 1 aromatic rings. The highest BCUT2D eigenvalue weighted by Gasteiger charge is 2.12. The molecule has 0 aliphatic rings. The van der Waals surface area contributed by atoms with Gasteiger partial charge in [-0.25, -0.2) is 4.79 Å². The fourth-order valence-electron chi connectivity index (χ4n) is 1.22. The van der Waals surface area contributed by atoms with Crippen molar-refractivity contribution in [3.8, 4) is 0 Å². The van der Waals surface area contributed by atoms with Crippen LogP contribution in [0, 0.1) is 0 Å². The summed E-state index contributed by atoms with van der Waals surface area (Å²) < 4.78 is 5.93. The maximum atomic E-state index is 11.5. The second-order valence-electron chi connectivity index (χ2n) is 3.71. The molecule has 1 N–H and O–H groups in total. The van der Waals surface area contributed by atoms with Gasteiger partial charge in [0.05, 0.1) is 6.42 Å². The Morgan fingerprint density at radius 1 is 1.39 bits per heavy atom. The van der Waals surface area contributed by atoms with E-state index < -0.39 is 12.1 Å². The Morgan fingerprint density at radius 3 is 2.67 bits per heavy atom. The van der Waals surface area contributed by atoms with Crippen LogP contribution in [0.15, 0.2) is 28.7 Å². The van der Waals surface area contributed by atoms with Crippen LogP contribution >= 0.6 is 15.9 Å². The summed E-state index contributed by atoms with van der Waals surface area (Å²) in [6.07, 6.45) is -0.632. The van der Waals surface area contributed by atoms with Crippen molar-refractivity contribution in [3.63, 3.8) is 0 Å². The summed E-state index contributed by atoms with van der Waals surface area (Å²) in [6, 6.07) is 7.42. The highest BCUT2D eigenvalue weighted by molar-refractivity contribution is 9.10. The zero-order valence-electron chi connectivity index (χ0n) is 9.93. The third-order valence-corrected chi connectivity index (χ3v) is 3.06. The first-order valence-electron chi connectivity index (χ1n) is 5.34. The van der Waals surface area contributed by atoms with E-state index in [1.807, 2.05) is 24.3 Å². The SMILES string of the molecule is CN(CCC(=O)O)C(=O)OCc1ccccc1Br. The summed E-state index contributed by atoms with van der Waals surface area (Å²) in [5.41, 5.74) is 0.859. The summed E-state index contributed by atoms with van der Waals surface area (Å²) in [5.74, 6) is -0.944. The van der Waals surface area contributed by atoms with Crippen LogP contribution in [0.2, 0.25) is 0 Å². The molecule has 1 aromatic carbocycles. The first-order valence-corrected chi connectivity index (χ1v) is 6.13. The lowest BCUT2D eigenvalue weighted by molar-refractivity contribution is -0.137. The zero-order chi connectivity index (χ0) is 13.5. The largest absolute Gasteiger partial charge is 0.481 e. The number of carboxylic acids is 1. The number of rotatable bonds is 5. The summed E-state index contributed by atoms with van der Waals surface area (Å²) in [7, 11) is 1.51. The number of hydrogen-bond acceptors (Lipinski definition) is 3. The average molecular weight is 316 g/mol. The molecule has 98 valence electrons. The van der Waals surface area contributed by atoms with Crippen LogP contribution in [0.25, 0.3) is 0 Å². The summed E-state index contributed by atoms with van der Waals surface area (Å²) >= 11 is 3.35. The second-order valence-corrected chi connectivity index (χ2v) is 4.57. The number of benzene rings is 1. The topological polar surface area (TPSA) is 66.8 Å². The van der Waals surface area contributed by atoms with Gasteiger partial charge in [0.2, 0.25) is 0 Å². The fraction of sp³-hybridized carbons (Fsp3) is 0.333. The fourth-order valence-corrected chi connectivity index (χ4v) is 1.62. The molecular formula is C12H14BrNO4. The molecule has 6 heteroatoms. The molecule has 0 saturated heterocycles. The van der Waals surface area contributed by atoms with E-state index in [-0.39, 0.29) is 19.6 Å². The van der Waals surface area contributed by atoms with Gasteiger partial charge in [-0.15, -0.1) is 0 Å². The highest BCUT2D eigenvalue weighted by Crippen LogP contribution is 2.16. The Hall–Kier alpha value is -1.56. The number of carbonyl (C=O) groups excluding carboxylic acids is 1. The molecule has 5 nitrogen and oxygen atoms in total. The minimum absolute atomic E-state index is 0.0966. The van der Waals surface area contributed by atoms with E-state index in [0.29, 0.717) is 0 Å². The highest BCUT2D eigenvalue weighted by atomic mass is 79.9. The van der Waals surface area contributed by atoms with E-state index in [4.69, 9.17) is 9.84 Å². The Morgan fingerprint density at radius 2 is 2.06 bits per heavy atom. The van der Waals surface area contributed by atoms with Gasteiger partial charge in [-0.05, 0) is 6.07 Å². The number of halogens is 1. The van der Waals surface area contributed by atoms with Crippen molar-refractivity contribution in [2.75, 3.05) is 13.6 Å². The van der Waals surface area contributed by atoms with Crippen molar-refractivity contribution in [1.29, 1.82) is 0 Å². The van der Waals surface area contributed by atoms with E-state index in [0.717, 1.165) is 10.0 Å². The molecule has 18 heavy (non-hydrogen) atoms. The van der Waals surface area contributed by atoms with Gasteiger partial charge in [0.15, 0.2) is 0 Å². The lowest BCUT2D eigenvalue weighted by atomic mass is 10.2. The lowest BCUT2D eigenvalue weighted by Crippen LogP contribution is -2.29. The van der Waals surface area contributed by atoms with E-state index >= 15 is 0 Å². The number of carboxylic acid groups (broad SMARTS) is 1. The van der Waals surface area contributed by atoms with Crippen LogP contribution < -0.4 is 0 Å². The minimum Gasteiger partial charge on any atom is -0.481 e. The van der Waals surface area contributed by atoms with Crippen molar-refractivity contribution in [1.82, 2.24) is 4.90 Å². The third-order valence-electron chi connectivity index (χ3n) is 2.28. The van der Waals surface area contributed by atoms with E-state index in [9.17, 15) is 9.59 Å². The van der Waals surface area contributed by atoms with Crippen LogP contribution in [0.1, 0.15) is 12.0 Å². The molecule has 0 atom stereocenters. The monoisotopic (exact) mass is 315 g/mol. The van der Waals surface area contributed by atoms with Gasteiger partial charge in [0.25, 0.3) is 0 Å². The van der Waals surface area contributed by atoms with Crippen molar-refractivity contribution >= 4 is 28.0 Å². The van der Waals surface area contributed by atoms with Crippen molar-refractivity contribution in [2.45, 2.75) is 13.0 Å². The van der Waals surface area contributed by atoms with Gasteiger partial charge in [0.1, 0.15) is 6.61 Å². The van der Waals surface area contributed by atoms with Gasteiger partial charge in [-0.1, -0.05) is 34.1 Å². The molecule has 1 rings (SSSR count). The predicted molar refractivity (Wildman–Crippen MR) is 69.2 cm³/mol. The van der Waals surface area contributed by atoms with Crippen LogP contribution in [0.5, 0.6) is 0 Å². The molecule has 0 unspecified atom stereocenters. The number of aliphatic carboxylic acids is 1. The maximum Gasteiger partial charge on any atom is 0.409 e. The molecule has 0 fully saturated rings. The van der Waals surface area contributed by atoms with Crippen LogP contribution in [0.4, 0.5) is 4.79 Å². The smallest absolute Gasteiger partial charge is 0.409 e. The molecule has 0 radical (unpaired) electrons. The van der Waals surface area contributed by atoms with Crippen LogP contribution in [-0.4, -0.2) is 35.7 Å². The van der Waals surface area contributed by atoms with Gasteiger partial charge >= 0.3 is 12.1 Å². The Balaban J connectivity index is 2.41. The second kappa shape index (κ2) is 7.00. The number of hydrogen-bond donors (Lipinski definition) is 1. The minimum atomic E-state index is -0.944. The summed E-state index contributed by atoms with van der Waals surface area (Å²) in [5, 5.41) is 8.50. The first-order chi connectivity index (χ1) is 8.50. The Bertz CT molecular complexity index is 436. The normalized spacial score (nSPS) is 9.89. The number of nitrogens with zero attached hydrogens (tertiary/aromatic N) is 1. The first kappa shape index (κ1) is 14.5. The van der Waals surface area contributed by atoms with Gasteiger partial charge in [0, 0.05) is 23.6 Å². The zero-order valence-corrected chi connectivity index (χ0v) is 11.5. The van der Waals surface area contributed by atoms with Gasteiger partial charge in [-0.3, -0.25) is 4.79 Å². The molecule has 0 heterocycles. The molecule has 0 aliphatic heterocycles. The number of ether oxygens (including phenoxy) is 1. The maximum absolute atomic E-state index is 11.5. The van der Waals surface area contributed by atoms with E-state index in [1.54, 1.807) is 0 Å². The van der Waals surface area contributed by atoms with Crippen molar-refractivity contribution in [3.05, 3.63) is 34.3 Å². The van der Waals surface area contributed by atoms with Gasteiger partial charge in [-0.2, -0.15) is 0 Å². The lowest BCUT2D eigenvalue weighted by Gasteiger charge is -2.16. The number of amides is 1. The third kappa shape index (κ3) is 4.75. The Kier molecular flexibility index (Phi) is 5.64. The molecule has 0 saturated carbocycles. The van der Waals surface area contributed by atoms with Crippen LogP contribution in [0.3, 0.4) is 0 Å². The summed E-state index contributed by atoms with van der Waals surface area (Å²) in [6.45, 7) is 0.280. The Labute approximate surface area is 113 Å². The quantitative estimate of drug-likeness (QED) is 0.906. The molecule has 0 bridgehead atoms.